The van der Waals surface area contributed by atoms with E-state index in [1.54, 1.807) is 65.5 Å². The number of aliphatic carboxylic acids is 1. The quantitative estimate of drug-likeness (QED) is 0.110. The minimum absolute atomic E-state index is 0.0778. The van der Waals surface area contributed by atoms with E-state index in [0.29, 0.717) is 55.8 Å². The number of Topliss-reactive ketones (excluding diaryl/α,β-unsaturated/α-hetero) is 1. The fourth-order valence-electron chi connectivity index (χ4n) is 9.85. The van der Waals surface area contributed by atoms with E-state index >= 15 is 0 Å². The van der Waals surface area contributed by atoms with Crippen molar-refractivity contribution in [2.45, 2.75) is 88.6 Å². The molecule has 0 amide bonds. The van der Waals surface area contributed by atoms with Gasteiger partial charge in [0, 0.05) is 64.9 Å². The van der Waals surface area contributed by atoms with Gasteiger partial charge in [-0.15, -0.1) is 26.6 Å². The summed E-state index contributed by atoms with van der Waals surface area (Å²) in [6, 6.07) is 22.6. The van der Waals surface area contributed by atoms with Gasteiger partial charge in [-0.05, 0) is 110 Å². The molecule has 1 saturated carbocycles. The lowest BCUT2D eigenvalue weighted by molar-refractivity contribution is -0.137. The molecular formula is C50H50Cl2N8O6S2. The van der Waals surface area contributed by atoms with Crippen molar-refractivity contribution in [2.75, 3.05) is 14.2 Å². The maximum atomic E-state index is 14.7. The molecule has 18 heteroatoms. The minimum Gasteiger partial charge on any atom is -0.494 e. The molecule has 4 atom stereocenters. The van der Waals surface area contributed by atoms with Crippen LogP contribution < -0.4 is 4.74 Å². The molecule has 1 N–H and O–H groups in total. The number of ketones is 1. The summed E-state index contributed by atoms with van der Waals surface area (Å²) in [6.45, 7) is 6.04. The van der Waals surface area contributed by atoms with Gasteiger partial charge in [-0.2, -0.15) is 4.31 Å². The highest BCUT2D eigenvalue weighted by molar-refractivity contribution is 7.89. The summed E-state index contributed by atoms with van der Waals surface area (Å²) in [5.41, 5.74) is 7.72. The third-order valence-corrected chi connectivity index (χ3v) is 17.1. The van der Waals surface area contributed by atoms with Crippen LogP contribution in [0.2, 0.25) is 10.0 Å². The predicted octanol–water partition coefficient (Wildman–Crippen LogP) is 10.1. The van der Waals surface area contributed by atoms with Crippen molar-refractivity contribution >= 4 is 73.1 Å². The zero-order chi connectivity index (χ0) is 48.2. The molecule has 3 aromatic heterocycles. The van der Waals surface area contributed by atoms with Crippen LogP contribution >= 0.6 is 34.5 Å². The van der Waals surface area contributed by atoms with E-state index in [2.05, 4.69) is 38.9 Å². The Hall–Kier alpha value is -5.78. The van der Waals surface area contributed by atoms with Crippen LogP contribution in [0.1, 0.15) is 112 Å². The fraction of sp³-hybridized carbons (Fsp3) is 0.340. The number of carbonyl (C=O) groups is 2. The van der Waals surface area contributed by atoms with E-state index in [1.807, 2.05) is 43.3 Å². The number of aromatic nitrogens is 6. The van der Waals surface area contributed by atoms with Crippen LogP contribution in [0.3, 0.4) is 0 Å². The lowest BCUT2D eigenvalue weighted by Gasteiger charge is -2.31. The first kappa shape index (κ1) is 47.3. The molecule has 1 fully saturated rings. The summed E-state index contributed by atoms with van der Waals surface area (Å²) >= 11 is 14.7. The fourth-order valence-corrected chi connectivity index (χ4v) is 12.5. The van der Waals surface area contributed by atoms with Gasteiger partial charge in [0.2, 0.25) is 10.0 Å². The van der Waals surface area contributed by atoms with E-state index < -0.39 is 28.0 Å². The number of carbonyl (C=O) groups excluding carboxylic acids is 1. The lowest BCUT2D eigenvalue weighted by Crippen LogP contribution is -2.28. The number of halogens is 2. The van der Waals surface area contributed by atoms with Crippen molar-refractivity contribution in [2.24, 2.45) is 18.0 Å². The van der Waals surface area contributed by atoms with Gasteiger partial charge in [-0.25, -0.2) is 13.1 Å². The molecule has 14 nitrogen and oxygen atoms in total. The molecule has 1 aliphatic heterocycles. The molecule has 1 aliphatic carbocycles. The molecule has 9 rings (SSSR count). The molecule has 7 aromatic rings. The van der Waals surface area contributed by atoms with Gasteiger partial charge in [0.1, 0.15) is 39.4 Å². The Morgan fingerprint density at radius 2 is 1.68 bits per heavy atom. The molecule has 0 saturated heterocycles. The second kappa shape index (κ2) is 19.0. The van der Waals surface area contributed by atoms with Crippen LogP contribution in [-0.2, 0) is 33.2 Å². The number of rotatable bonds is 14. The van der Waals surface area contributed by atoms with Crippen LogP contribution in [0, 0.1) is 26.7 Å². The number of hydrogen-bond donors (Lipinski definition) is 1. The number of aryl methyl sites for hydroxylation is 3. The molecule has 4 unspecified atom stereocenters. The number of methoxy groups -OCH3 is 1. The van der Waals surface area contributed by atoms with Crippen molar-refractivity contribution < 1.29 is 27.9 Å². The highest BCUT2D eigenvalue weighted by Crippen LogP contribution is 2.44. The van der Waals surface area contributed by atoms with Gasteiger partial charge in [0.25, 0.3) is 0 Å². The molecule has 0 radical (unpaired) electrons. The first-order valence-corrected chi connectivity index (χ1v) is 25.4. The van der Waals surface area contributed by atoms with E-state index in [9.17, 15) is 23.1 Å². The highest BCUT2D eigenvalue weighted by Gasteiger charge is 2.37. The van der Waals surface area contributed by atoms with Crippen molar-refractivity contribution in [3.05, 3.63) is 144 Å². The molecule has 352 valence electrons. The molecule has 0 bridgehead atoms. The van der Waals surface area contributed by atoms with Crippen molar-refractivity contribution in [1.82, 2.24) is 34.1 Å². The lowest BCUT2D eigenvalue weighted by atomic mass is 9.72. The monoisotopic (exact) mass is 992 g/mol. The summed E-state index contributed by atoms with van der Waals surface area (Å²) < 4.78 is 38.9. The third kappa shape index (κ3) is 8.88. The Morgan fingerprint density at radius 3 is 2.40 bits per heavy atom. The minimum atomic E-state index is -4.03. The van der Waals surface area contributed by atoms with Crippen LogP contribution in [0.15, 0.2) is 88.8 Å². The normalized spacial score (nSPS) is 17.7. The third-order valence-electron chi connectivity index (χ3n) is 13.5. The number of nitrogens with zero attached hydrogens (tertiary/aromatic N) is 8. The van der Waals surface area contributed by atoms with E-state index in [-0.39, 0.29) is 41.9 Å². The number of aliphatic imine (C=N–C) groups is 1. The SMILES string of the molecule is COc1cc(C(CC(=O)O)c2ccc(Cl)c(CN(C)S(=O)(=O)c3ccc(C4CCCCC4C(=O)CC4N=C(c5ccc(Cl)cc5)c5c(sc(C)c5C)-n5c(C)nnc54)cc3)c2)cc2nnn(C)c12. The molecule has 4 aromatic carbocycles. The second-order valence-corrected chi connectivity index (χ2v) is 21.8. The number of sulfonamides is 1. The Labute approximate surface area is 408 Å². The van der Waals surface area contributed by atoms with Gasteiger partial charge < -0.3 is 9.84 Å². The molecule has 68 heavy (non-hydrogen) atoms. The van der Waals surface area contributed by atoms with Crippen LogP contribution in [0.5, 0.6) is 5.75 Å². The number of carboxylic acids is 1. The topological polar surface area (TPSA) is 175 Å². The average Bonchev–Trinajstić information content (AvgIpc) is 3.97. The first-order chi connectivity index (χ1) is 32.5. The summed E-state index contributed by atoms with van der Waals surface area (Å²) in [6.07, 6.45) is 3.23. The van der Waals surface area contributed by atoms with Gasteiger partial charge >= 0.3 is 5.97 Å². The van der Waals surface area contributed by atoms with Crippen LogP contribution in [-0.4, -0.2) is 79.2 Å². The zero-order valence-electron chi connectivity index (χ0n) is 38.4. The number of carboxylic acid groups (broad SMARTS) is 1. The van der Waals surface area contributed by atoms with Gasteiger partial charge in [-0.3, -0.25) is 19.1 Å². The number of thiophene rings is 1. The molecule has 4 heterocycles. The smallest absolute Gasteiger partial charge is 0.304 e. The maximum absolute atomic E-state index is 14.7. The summed E-state index contributed by atoms with van der Waals surface area (Å²) in [4.78, 5) is 33.5. The summed E-state index contributed by atoms with van der Waals surface area (Å²) in [7, 11) is 0.737. The molecule has 2 aliphatic rings. The standard InChI is InChI=1S/C50H50Cl2N8O6S2/c1-27-28(2)67-50-46(27)47(31-11-16-35(51)17-12-31)53-42(49-56-54-29(3)60(49)50)25-43(61)38-10-8-7-9-37(38)30-13-18-36(19-14-30)68(64,65)58(4)26-34-21-32(15-20-40(34)52)39(24-45(62)63)33-22-41-48(44(23-33)66-6)59(5)57-55-41/h11-23,37-39,42H,7-10,24-26H2,1-6H3,(H,62,63). The zero-order valence-corrected chi connectivity index (χ0v) is 41.5. The van der Waals surface area contributed by atoms with E-state index in [0.717, 1.165) is 62.9 Å². The van der Waals surface area contributed by atoms with Crippen LogP contribution in [0.4, 0.5) is 0 Å². The van der Waals surface area contributed by atoms with E-state index in [4.69, 9.17) is 32.9 Å². The molecular weight excluding hydrogens is 944 g/mol. The number of benzene rings is 4. The average molecular weight is 994 g/mol. The Kier molecular flexibility index (Phi) is 13.2. The summed E-state index contributed by atoms with van der Waals surface area (Å²) in [5.74, 6) is -0.137. The van der Waals surface area contributed by atoms with Crippen molar-refractivity contribution in [3.63, 3.8) is 0 Å². The van der Waals surface area contributed by atoms with Gasteiger partial charge in [-0.1, -0.05) is 77.7 Å². The van der Waals surface area contributed by atoms with Crippen LogP contribution in [0.25, 0.3) is 16.0 Å². The Morgan fingerprint density at radius 1 is 0.941 bits per heavy atom. The van der Waals surface area contributed by atoms with Gasteiger partial charge in [0.15, 0.2) is 5.82 Å². The number of fused-ring (bicyclic) bond motifs is 4. The largest absolute Gasteiger partial charge is 0.494 e. The predicted molar refractivity (Wildman–Crippen MR) is 263 cm³/mol. The number of hydrogen-bond acceptors (Lipinski definition) is 11. The van der Waals surface area contributed by atoms with E-state index in [1.165, 1.54) is 18.5 Å². The first-order valence-electron chi connectivity index (χ1n) is 22.4. The maximum Gasteiger partial charge on any atom is 0.304 e. The number of ether oxygens (including phenoxy) is 1. The Balaban J connectivity index is 0.954. The van der Waals surface area contributed by atoms with Gasteiger partial charge in [0.05, 0.1) is 24.1 Å². The Bertz CT molecular complexity index is 3240. The summed E-state index contributed by atoms with van der Waals surface area (Å²) in [5, 5.41) is 29.3. The van der Waals surface area contributed by atoms with Crippen molar-refractivity contribution in [3.8, 4) is 10.8 Å². The van der Waals surface area contributed by atoms with Crippen molar-refractivity contribution in [1.29, 1.82) is 0 Å². The highest BCUT2D eigenvalue weighted by atomic mass is 35.5. The second-order valence-electron chi connectivity index (χ2n) is 17.7. The molecule has 0 spiro atoms.